The summed E-state index contributed by atoms with van der Waals surface area (Å²) in [5, 5.41) is 5.72. The number of rotatable bonds is 3. The van der Waals surface area contributed by atoms with Crippen molar-refractivity contribution in [3.63, 3.8) is 0 Å². The Morgan fingerprint density at radius 3 is 2.14 bits per heavy atom. The Labute approximate surface area is 123 Å². The van der Waals surface area contributed by atoms with Gasteiger partial charge in [-0.1, -0.05) is 0 Å². The summed E-state index contributed by atoms with van der Waals surface area (Å²) in [7, 11) is 0. The minimum atomic E-state index is -0.118. The molecule has 1 saturated heterocycles. The van der Waals surface area contributed by atoms with E-state index in [9.17, 15) is 9.59 Å². The lowest BCUT2D eigenvalue weighted by atomic mass is 10.2. The number of benzene rings is 1. The van der Waals surface area contributed by atoms with Crippen molar-refractivity contribution in [1.82, 2.24) is 4.90 Å². The van der Waals surface area contributed by atoms with Crippen molar-refractivity contribution in [3.8, 4) is 0 Å². The first-order valence-electron chi connectivity index (χ1n) is 7.27. The lowest BCUT2D eigenvalue weighted by molar-refractivity contribution is -0.117. The van der Waals surface area contributed by atoms with E-state index in [0.29, 0.717) is 26.3 Å². The molecule has 0 spiro atoms. The molecule has 1 heterocycles. The van der Waals surface area contributed by atoms with Gasteiger partial charge in [0.1, 0.15) is 0 Å². The van der Waals surface area contributed by atoms with Crippen LogP contribution in [0.4, 0.5) is 16.2 Å². The minimum Gasteiger partial charge on any atom is -0.378 e. The number of hydrogen-bond acceptors (Lipinski definition) is 3. The maximum absolute atomic E-state index is 12.0. The molecule has 21 heavy (non-hydrogen) atoms. The van der Waals surface area contributed by atoms with Gasteiger partial charge >= 0.3 is 6.03 Å². The van der Waals surface area contributed by atoms with Crippen molar-refractivity contribution in [2.24, 2.45) is 5.92 Å². The molecule has 2 aliphatic rings. The first-order chi connectivity index (χ1) is 10.2. The predicted molar refractivity (Wildman–Crippen MR) is 79.2 cm³/mol. The van der Waals surface area contributed by atoms with Crippen molar-refractivity contribution in [3.05, 3.63) is 24.3 Å². The summed E-state index contributed by atoms with van der Waals surface area (Å²) < 4.78 is 5.22. The third-order valence-electron chi connectivity index (χ3n) is 3.65. The molecule has 6 nitrogen and oxygen atoms in total. The zero-order valence-electron chi connectivity index (χ0n) is 11.8. The summed E-state index contributed by atoms with van der Waals surface area (Å²) in [6.45, 7) is 2.39. The van der Waals surface area contributed by atoms with Crippen molar-refractivity contribution >= 4 is 23.3 Å². The second kappa shape index (κ2) is 6.13. The van der Waals surface area contributed by atoms with Crippen LogP contribution in [0.2, 0.25) is 0 Å². The molecule has 2 fully saturated rings. The summed E-state index contributed by atoms with van der Waals surface area (Å²) >= 11 is 0. The van der Waals surface area contributed by atoms with Gasteiger partial charge < -0.3 is 20.3 Å². The SMILES string of the molecule is O=C(Nc1ccc(NC(=O)N2CCOCC2)cc1)C1CC1. The molecule has 112 valence electrons. The quantitative estimate of drug-likeness (QED) is 0.892. The molecule has 3 rings (SSSR count). The molecule has 1 aromatic carbocycles. The number of morpholine rings is 1. The van der Waals surface area contributed by atoms with E-state index in [1.165, 1.54) is 0 Å². The Balaban J connectivity index is 1.53. The average Bonchev–Trinajstić information content (AvgIpc) is 3.35. The Morgan fingerprint density at radius 2 is 1.57 bits per heavy atom. The number of carbonyl (C=O) groups excluding carboxylic acids is 2. The monoisotopic (exact) mass is 289 g/mol. The standard InChI is InChI=1S/C15H19N3O3/c19-14(11-1-2-11)16-12-3-5-13(6-4-12)17-15(20)18-7-9-21-10-8-18/h3-6,11H,1-2,7-10H2,(H,16,19)(H,17,20). The van der Waals surface area contributed by atoms with Crippen LogP contribution in [-0.4, -0.2) is 43.1 Å². The summed E-state index contributed by atoms with van der Waals surface area (Å²) in [4.78, 5) is 25.4. The molecule has 0 aromatic heterocycles. The van der Waals surface area contributed by atoms with Gasteiger partial charge in [-0.15, -0.1) is 0 Å². The van der Waals surface area contributed by atoms with Gasteiger partial charge in [0.05, 0.1) is 13.2 Å². The number of nitrogens with one attached hydrogen (secondary N) is 2. The topological polar surface area (TPSA) is 70.7 Å². The zero-order valence-corrected chi connectivity index (χ0v) is 11.8. The second-order valence-electron chi connectivity index (χ2n) is 5.37. The van der Waals surface area contributed by atoms with Gasteiger partial charge in [0.2, 0.25) is 5.91 Å². The minimum absolute atomic E-state index is 0.0834. The van der Waals surface area contributed by atoms with Crippen molar-refractivity contribution < 1.29 is 14.3 Å². The highest BCUT2D eigenvalue weighted by Gasteiger charge is 2.29. The van der Waals surface area contributed by atoms with Gasteiger partial charge in [-0.25, -0.2) is 4.79 Å². The molecule has 6 heteroatoms. The fraction of sp³-hybridized carbons (Fsp3) is 0.467. The van der Waals surface area contributed by atoms with E-state index in [1.807, 2.05) is 0 Å². The van der Waals surface area contributed by atoms with E-state index < -0.39 is 0 Å². The van der Waals surface area contributed by atoms with Crippen molar-refractivity contribution in [2.75, 3.05) is 36.9 Å². The summed E-state index contributed by atoms with van der Waals surface area (Å²) in [6.07, 6.45) is 1.97. The predicted octanol–water partition coefficient (Wildman–Crippen LogP) is 1.90. The molecule has 1 aliphatic carbocycles. The van der Waals surface area contributed by atoms with E-state index in [4.69, 9.17) is 4.74 Å². The van der Waals surface area contributed by atoms with Crippen LogP contribution in [0.5, 0.6) is 0 Å². The zero-order chi connectivity index (χ0) is 14.7. The van der Waals surface area contributed by atoms with Crippen molar-refractivity contribution in [1.29, 1.82) is 0 Å². The van der Waals surface area contributed by atoms with Crippen LogP contribution in [0.3, 0.4) is 0 Å². The highest BCUT2D eigenvalue weighted by molar-refractivity contribution is 5.94. The average molecular weight is 289 g/mol. The lowest BCUT2D eigenvalue weighted by Gasteiger charge is -2.26. The Morgan fingerprint density at radius 1 is 1.00 bits per heavy atom. The van der Waals surface area contributed by atoms with Gasteiger partial charge in [-0.05, 0) is 37.1 Å². The molecule has 1 saturated carbocycles. The van der Waals surface area contributed by atoms with Crippen LogP contribution in [0, 0.1) is 5.92 Å². The number of carbonyl (C=O) groups is 2. The van der Waals surface area contributed by atoms with E-state index >= 15 is 0 Å². The van der Waals surface area contributed by atoms with E-state index in [-0.39, 0.29) is 17.9 Å². The molecule has 1 aliphatic heterocycles. The maximum Gasteiger partial charge on any atom is 0.321 e. The summed E-state index contributed by atoms with van der Waals surface area (Å²) in [6, 6.07) is 7.07. The Kier molecular flexibility index (Phi) is 4.06. The fourth-order valence-electron chi connectivity index (χ4n) is 2.20. The number of amides is 3. The molecular formula is C15H19N3O3. The maximum atomic E-state index is 12.0. The molecule has 1 aromatic rings. The summed E-state index contributed by atoms with van der Waals surface area (Å²) in [5.74, 6) is 0.269. The molecular weight excluding hydrogens is 270 g/mol. The van der Waals surface area contributed by atoms with Crippen LogP contribution in [-0.2, 0) is 9.53 Å². The van der Waals surface area contributed by atoms with Crippen LogP contribution >= 0.6 is 0 Å². The first kappa shape index (κ1) is 13.9. The third-order valence-corrected chi connectivity index (χ3v) is 3.65. The number of hydrogen-bond donors (Lipinski definition) is 2. The van der Waals surface area contributed by atoms with Crippen LogP contribution in [0.25, 0.3) is 0 Å². The molecule has 0 unspecified atom stereocenters. The van der Waals surface area contributed by atoms with Crippen LogP contribution < -0.4 is 10.6 Å². The largest absolute Gasteiger partial charge is 0.378 e. The van der Waals surface area contributed by atoms with Gasteiger partial charge in [0.25, 0.3) is 0 Å². The number of urea groups is 1. The van der Waals surface area contributed by atoms with Gasteiger partial charge in [0.15, 0.2) is 0 Å². The van der Waals surface area contributed by atoms with Crippen LogP contribution in [0.15, 0.2) is 24.3 Å². The number of nitrogens with zero attached hydrogens (tertiary/aromatic N) is 1. The van der Waals surface area contributed by atoms with E-state index in [2.05, 4.69) is 10.6 Å². The second-order valence-corrected chi connectivity index (χ2v) is 5.37. The van der Waals surface area contributed by atoms with Gasteiger partial charge in [-0.2, -0.15) is 0 Å². The summed E-state index contributed by atoms with van der Waals surface area (Å²) in [5.41, 5.74) is 1.48. The Bertz CT molecular complexity index is 519. The van der Waals surface area contributed by atoms with Crippen LogP contribution in [0.1, 0.15) is 12.8 Å². The van der Waals surface area contributed by atoms with E-state index in [1.54, 1.807) is 29.2 Å². The van der Waals surface area contributed by atoms with Crippen molar-refractivity contribution in [2.45, 2.75) is 12.8 Å². The molecule has 3 amide bonds. The third kappa shape index (κ3) is 3.72. The smallest absolute Gasteiger partial charge is 0.321 e. The molecule has 0 atom stereocenters. The number of ether oxygens (including phenoxy) is 1. The van der Waals surface area contributed by atoms with E-state index in [0.717, 1.165) is 24.2 Å². The van der Waals surface area contributed by atoms with Gasteiger partial charge in [0, 0.05) is 30.4 Å². The molecule has 0 radical (unpaired) electrons. The van der Waals surface area contributed by atoms with Gasteiger partial charge in [-0.3, -0.25) is 4.79 Å². The molecule has 0 bridgehead atoms. The Hall–Kier alpha value is -2.08. The molecule has 2 N–H and O–H groups in total. The first-order valence-corrected chi connectivity index (χ1v) is 7.27. The lowest BCUT2D eigenvalue weighted by Crippen LogP contribution is -2.43. The fourth-order valence-corrected chi connectivity index (χ4v) is 2.20. The normalized spacial score (nSPS) is 18.2. The highest BCUT2D eigenvalue weighted by Crippen LogP contribution is 2.30. The number of anilines is 2. The highest BCUT2D eigenvalue weighted by atomic mass is 16.5.